The summed E-state index contributed by atoms with van der Waals surface area (Å²) in [6.45, 7) is 1.78. The number of hydrogen-bond acceptors (Lipinski definition) is 4. The minimum Gasteiger partial charge on any atom is -0.386 e. The molecule has 0 amide bonds. The molecule has 1 aliphatic carbocycles. The second-order valence-electron chi connectivity index (χ2n) is 3.42. The maximum Gasteiger partial charge on any atom is 0.185 e. The Morgan fingerprint density at radius 1 is 1.36 bits per heavy atom. The molecule has 0 aromatic rings. The zero-order chi connectivity index (χ0) is 10.3. The average molecular weight is 194 g/mol. The Bertz CT molecular complexity index is 364. The van der Waals surface area contributed by atoms with Crippen LogP contribution in [0.5, 0.6) is 0 Å². The van der Waals surface area contributed by atoms with Crippen molar-refractivity contribution in [1.82, 2.24) is 0 Å². The Morgan fingerprint density at radius 2 is 2.00 bits per heavy atom. The van der Waals surface area contributed by atoms with E-state index in [9.17, 15) is 14.7 Å². The summed E-state index contributed by atoms with van der Waals surface area (Å²) in [5.74, 6) is -0.534. The van der Waals surface area contributed by atoms with Crippen LogP contribution in [0.15, 0.2) is 23.3 Å². The quantitative estimate of drug-likeness (QED) is 0.541. The van der Waals surface area contributed by atoms with Crippen LogP contribution in [0.2, 0.25) is 0 Å². The van der Waals surface area contributed by atoms with Crippen LogP contribution in [0.25, 0.3) is 0 Å². The Hall–Kier alpha value is -1.26. The van der Waals surface area contributed by atoms with Crippen molar-refractivity contribution in [1.29, 1.82) is 0 Å². The molecule has 0 saturated heterocycles. The molecule has 0 spiro atoms. The van der Waals surface area contributed by atoms with Gasteiger partial charge in [0.1, 0.15) is 6.10 Å². The predicted molar refractivity (Wildman–Crippen MR) is 47.6 cm³/mol. The highest BCUT2D eigenvalue weighted by atomic mass is 16.5. The van der Waals surface area contributed by atoms with E-state index < -0.39 is 12.2 Å². The van der Waals surface area contributed by atoms with E-state index in [1.807, 2.05) is 0 Å². The largest absolute Gasteiger partial charge is 0.386 e. The normalized spacial score (nSPS) is 32.1. The van der Waals surface area contributed by atoms with Crippen molar-refractivity contribution in [2.75, 3.05) is 6.61 Å². The van der Waals surface area contributed by atoms with E-state index in [-0.39, 0.29) is 23.7 Å². The molecule has 1 aliphatic heterocycles. The number of aliphatic hydroxyl groups is 1. The SMILES string of the molecule is C[C@@H]1OCC2=C(C(=O)C=CC2=O)[C@@H]1O. The maximum atomic E-state index is 11.4. The highest BCUT2D eigenvalue weighted by molar-refractivity contribution is 6.20. The third-order valence-corrected chi connectivity index (χ3v) is 2.51. The first-order valence-corrected chi connectivity index (χ1v) is 4.40. The topological polar surface area (TPSA) is 63.6 Å². The van der Waals surface area contributed by atoms with E-state index >= 15 is 0 Å². The monoisotopic (exact) mass is 194 g/mol. The standard InChI is InChI=1S/C10H10O4/c1-5-10(13)9-6(4-14-5)7(11)2-3-8(9)12/h2-3,5,10,13H,4H2,1H3/t5-,10+/m0/s1. The molecule has 2 atom stereocenters. The van der Waals surface area contributed by atoms with Gasteiger partial charge in [-0.2, -0.15) is 0 Å². The van der Waals surface area contributed by atoms with E-state index in [0.717, 1.165) is 0 Å². The van der Waals surface area contributed by atoms with Crippen molar-refractivity contribution < 1.29 is 19.4 Å². The van der Waals surface area contributed by atoms with Crippen LogP contribution in [-0.2, 0) is 14.3 Å². The molecule has 0 fully saturated rings. The summed E-state index contributed by atoms with van der Waals surface area (Å²) in [5.41, 5.74) is 0.499. The summed E-state index contributed by atoms with van der Waals surface area (Å²) in [7, 11) is 0. The van der Waals surface area contributed by atoms with Gasteiger partial charge >= 0.3 is 0 Å². The molecular weight excluding hydrogens is 184 g/mol. The summed E-state index contributed by atoms with van der Waals surface area (Å²) in [4.78, 5) is 22.8. The number of hydrogen-bond donors (Lipinski definition) is 1. The van der Waals surface area contributed by atoms with Crippen molar-refractivity contribution >= 4 is 11.6 Å². The van der Waals surface area contributed by atoms with Crippen molar-refractivity contribution in [3.05, 3.63) is 23.3 Å². The minimum absolute atomic E-state index is 0.114. The third-order valence-electron chi connectivity index (χ3n) is 2.51. The first kappa shape index (κ1) is 9.30. The Labute approximate surface area is 80.9 Å². The number of aliphatic hydroxyl groups excluding tert-OH is 1. The molecule has 14 heavy (non-hydrogen) atoms. The predicted octanol–water partition coefficient (Wildman–Crippen LogP) is -0.229. The van der Waals surface area contributed by atoms with Gasteiger partial charge in [-0.1, -0.05) is 0 Å². The van der Waals surface area contributed by atoms with Crippen LogP contribution in [0.3, 0.4) is 0 Å². The number of carbonyl (C=O) groups excluding carboxylic acids is 2. The van der Waals surface area contributed by atoms with Gasteiger partial charge in [0.05, 0.1) is 12.7 Å². The van der Waals surface area contributed by atoms with Crippen LogP contribution in [0, 0.1) is 0 Å². The summed E-state index contributed by atoms with van der Waals surface area (Å²) in [6.07, 6.45) is 0.993. The zero-order valence-corrected chi connectivity index (χ0v) is 7.69. The molecular formula is C10H10O4. The molecule has 0 bridgehead atoms. The van der Waals surface area contributed by atoms with Crippen LogP contribution in [0.4, 0.5) is 0 Å². The van der Waals surface area contributed by atoms with Gasteiger partial charge in [-0.25, -0.2) is 0 Å². The molecule has 4 nitrogen and oxygen atoms in total. The third kappa shape index (κ3) is 1.23. The van der Waals surface area contributed by atoms with Gasteiger partial charge in [0.15, 0.2) is 11.6 Å². The zero-order valence-electron chi connectivity index (χ0n) is 7.69. The highest BCUT2D eigenvalue weighted by Gasteiger charge is 2.35. The minimum atomic E-state index is -0.986. The van der Waals surface area contributed by atoms with Gasteiger partial charge in [-0.05, 0) is 19.1 Å². The molecule has 4 heteroatoms. The summed E-state index contributed by atoms with van der Waals surface area (Å²) < 4.78 is 5.16. The first-order valence-electron chi connectivity index (χ1n) is 4.40. The molecule has 1 heterocycles. The second kappa shape index (κ2) is 3.15. The molecule has 2 rings (SSSR count). The number of rotatable bonds is 0. The molecule has 1 N–H and O–H groups in total. The Morgan fingerprint density at radius 3 is 2.71 bits per heavy atom. The molecule has 0 radical (unpaired) electrons. The van der Waals surface area contributed by atoms with Crippen molar-refractivity contribution in [2.24, 2.45) is 0 Å². The van der Waals surface area contributed by atoms with Crippen LogP contribution in [-0.4, -0.2) is 35.5 Å². The highest BCUT2D eigenvalue weighted by Crippen LogP contribution is 2.25. The molecule has 0 aromatic heterocycles. The smallest absolute Gasteiger partial charge is 0.185 e. The molecule has 74 valence electrons. The Balaban J connectivity index is 2.47. The van der Waals surface area contributed by atoms with E-state index in [4.69, 9.17) is 4.74 Å². The number of carbonyl (C=O) groups is 2. The summed E-state index contributed by atoms with van der Waals surface area (Å²) >= 11 is 0. The second-order valence-corrected chi connectivity index (χ2v) is 3.42. The number of ketones is 2. The van der Waals surface area contributed by atoms with Crippen molar-refractivity contribution in [3.8, 4) is 0 Å². The van der Waals surface area contributed by atoms with Crippen LogP contribution in [0.1, 0.15) is 6.92 Å². The van der Waals surface area contributed by atoms with E-state index in [0.29, 0.717) is 5.57 Å². The van der Waals surface area contributed by atoms with E-state index in [2.05, 4.69) is 0 Å². The van der Waals surface area contributed by atoms with Crippen LogP contribution >= 0.6 is 0 Å². The summed E-state index contributed by atoms with van der Waals surface area (Å²) in [5, 5.41) is 9.67. The fourth-order valence-electron chi connectivity index (χ4n) is 1.64. The lowest BCUT2D eigenvalue weighted by Crippen LogP contribution is -2.39. The Kier molecular flexibility index (Phi) is 2.09. The van der Waals surface area contributed by atoms with E-state index in [1.165, 1.54) is 12.2 Å². The lowest BCUT2D eigenvalue weighted by Gasteiger charge is -2.29. The maximum absolute atomic E-state index is 11.4. The molecule has 0 saturated carbocycles. The summed E-state index contributed by atoms with van der Waals surface area (Å²) in [6, 6.07) is 0. The lowest BCUT2D eigenvalue weighted by molar-refractivity contribution is -0.119. The van der Waals surface area contributed by atoms with Gasteiger partial charge in [-0.3, -0.25) is 9.59 Å². The van der Waals surface area contributed by atoms with Gasteiger partial charge in [0.25, 0.3) is 0 Å². The van der Waals surface area contributed by atoms with Gasteiger partial charge in [0, 0.05) is 11.1 Å². The van der Waals surface area contributed by atoms with Crippen LogP contribution < -0.4 is 0 Å². The molecule has 0 unspecified atom stereocenters. The molecule has 2 aliphatic rings. The van der Waals surface area contributed by atoms with Gasteiger partial charge in [-0.15, -0.1) is 0 Å². The van der Waals surface area contributed by atoms with Crippen molar-refractivity contribution in [3.63, 3.8) is 0 Å². The molecule has 0 aromatic carbocycles. The lowest BCUT2D eigenvalue weighted by atomic mass is 9.88. The fourth-order valence-corrected chi connectivity index (χ4v) is 1.64. The fraction of sp³-hybridized carbons (Fsp3) is 0.400. The van der Waals surface area contributed by atoms with Gasteiger partial charge in [0.2, 0.25) is 0 Å². The average Bonchev–Trinajstić information content (AvgIpc) is 2.16. The van der Waals surface area contributed by atoms with Crippen molar-refractivity contribution in [2.45, 2.75) is 19.1 Å². The first-order chi connectivity index (χ1) is 6.61. The number of ether oxygens (including phenoxy) is 1. The van der Waals surface area contributed by atoms with E-state index in [1.54, 1.807) is 6.92 Å². The van der Waals surface area contributed by atoms with Gasteiger partial charge < -0.3 is 9.84 Å². The number of allylic oxidation sites excluding steroid dienone is 2.